The Kier molecular flexibility index (Phi) is 4.28. The van der Waals surface area contributed by atoms with Crippen LogP contribution in [0.2, 0.25) is 0 Å². The van der Waals surface area contributed by atoms with Crippen molar-refractivity contribution in [1.29, 1.82) is 0 Å². The molecule has 3 nitrogen and oxygen atoms in total. The van der Waals surface area contributed by atoms with Crippen LogP contribution in [0.25, 0.3) is 22.0 Å². The highest BCUT2D eigenvalue weighted by Crippen LogP contribution is 2.44. The molecule has 4 rings (SSSR count). The molecule has 1 aliphatic rings. The second kappa shape index (κ2) is 6.48. The molecule has 0 saturated heterocycles. The SMILES string of the molecule is CCc1c(C)c2c3c(cc(C)n3CCN2CCO)c1-c1ccc(C)cc1. The van der Waals surface area contributed by atoms with E-state index in [2.05, 4.69) is 67.5 Å². The molecule has 2 heterocycles. The van der Waals surface area contributed by atoms with Crippen molar-refractivity contribution in [3.05, 3.63) is 52.7 Å². The highest BCUT2D eigenvalue weighted by atomic mass is 16.3. The topological polar surface area (TPSA) is 28.4 Å². The number of hydrogen-bond donors (Lipinski definition) is 1. The number of aliphatic hydroxyl groups excluding tert-OH is 1. The lowest BCUT2D eigenvalue weighted by atomic mass is 9.89. The lowest BCUT2D eigenvalue weighted by Gasteiger charge is -2.34. The van der Waals surface area contributed by atoms with Crippen molar-refractivity contribution in [3.8, 4) is 11.1 Å². The Bertz CT molecular complexity index is 967. The molecule has 0 bridgehead atoms. The van der Waals surface area contributed by atoms with Crippen LogP contribution in [0.3, 0.4) is 0 Å². The molecule has 3 aromatic rings. The Labute approximate surface area is 155 Å². The van der Waals surface area contributed by atoms with E-state index in [0.29, 0.717) is 6.54 Å². The predicted octanol–water partition coefficient (Wildman–Crippen LogP) is 4.61. The van der Waals surface area contributed by atoms with Gasteiger partial charge in [-0.3, -0.25) is 0 Å². The van der Waals surface area contributed by atoms with Gasteiger partial charge < -0.3 is 14.6 Å². The van der Waals surface area contributed by atoms with Crippen molar-refractivity contribution in [2.75, 3.05) is 24.6 Å². The van der Waals surface area contributed by atoms with E-state index < -0.39 is 0 Å². The van der Waals surface area contributed by atoms with E-state index in [1.165, 1.54) is 50.1 Å². The average Bonchev–Trinajstić information content (AvgIpc) is 2.96. The van der Waals surface area contributed by atoms with Crippen molar-refractivity contribution in [2.45, 2.75) is 40.7 Å². The predicted molar refractivity (Wildman–Crippen MR) is 110 cm³/mol. The van der Waals surface area contributed by atoms with Crippen LogP contribution in [0.4, 0.5) is 5.69 Å². The second-order valence-corrected chi connectivity index (χ2v) is 7.46. The summed E-state index contributed by atoms with van der Waals surface area (Å²) in [5.41, 5.74) is 10.8. The first-order valence-electron chi connectivity index (χ1n) is 9.65. The Morgan fingerprint density at radius 2 is 1.77 bits per heavy atom. The van der Waals surface area contributed by atoms with Crippen molar-refractivity contribution in [3.63, 3.8) is 0 Å². The molecule has 1 N–H and O–H groups in total. The van der Waals surface area contributed by atoms with Gasteiger partial charge in [0.05, 0.1) is 17.8 Å². The van der Waals surface area contributed by atoms with E-state index in [1.54, 1.807) is 0 Å². The molecular formula is C23H28N2O. The maximum atomic E-state index is 9.55. The van der Waals surface area contributed by atoms with Gasteiger partial charge in [-0.15, -0.1) is 0 Å². The van der Waals surface area contributed by atoms with Gasteiger partial charge >= 0.3 is 0 Å². The minimum absolute atomic E-state index is 0.196. The fourth-order valence-electron chi connectivity index (χ4n) is 4.64. The summed E-state index contributed by atoms with van der Waals surface area (Å²) in [4.78, 5) is 2.37. The standard InChI is InChI=1S/C23H28N2O/c1-5-19-17(4)22-23-20(21(19)18-8-6-15(2)7-9-18)14-16(3)25(23)11-10-24(22)12-13-26/h6-9,14,26H,5,10-13H2,1-4H3. The van der Waals surface area contributed by atoms with E-state index in [0.717, 1.165) is 19.5 Å². The minimum Gasteiger partial charge on any atom is -0.395 e. The molecule has 136 valence electrons. The Hall–Kier alpha value is -2.26. The summed E-state index contributed by atoms with van der Waals surface area (Å²) in [7, 11) is 0. The van der Waals surface area contributed by atoms with Crippen LogP contribution >= 0.6 is 0 Å². The zero-order chi connectivity index (χ0) is 18.4. The Morgan fingerprint density at radius 1 is 1.04 bits per heavy atom. The molecule has 0 unspecified atom stereocenters. The van der Waals surface area contributed by atoms with Crippen LogP contribution in [-0.4, -0.2) is 29.4 Å². The van der Waals surface area contributed by atoms with Crippen molar-refractivity contribution in [2.24, 2.45) is 0 Å². The summed E-state index contributed by atoms with van der Waals surface area (Å²) in [5, 5.41) is 10.9. The maximum Gasteiger partial charge on any atom is 0.0730 e. The summed E-state index contributed by atoms with van der Waals surface area (Å²) in [6, 6.07) is 11.3. The molecule has 0 amide bonds. The lowest BCUT2D eigenvalue weighted by molar-refractivity contribution is 0.300. The molecule has 0 spiro atoms. The number of benzene rings is 2. The fourth-order valence-corrected chi connectivity index (χ4v) is 4.64. The normalized spacial score (nSPS) is 13.7. The van der Waals surface area contributed by atoms with Crippen molar-refractivity contribution < 1.29 is 5.11 Å². The summed E-state index contributed by atoms with van der Waals surface area (Å²) < 4.78 is 2.46. The van der Waals surface area contributed by atoms with Crippen LogP contribution in [-0.2, 0) is 13.0 Å². The lowest BCUT2D eigenvalue weighted by Crippen LogP contribution is -2.35. The largest absolute Gasteiger partial charge is 0.395 e. The van der Waals surface area contributed by atoms with Gasteiger partial charge in [0.2, 0.25) is 0 Å². The smallest absolute Gasteiger partial charge is 0.0730 e. The van der Waals surface area contributed by atoms with Crippen LogP contribution < -0.4 is 4.90 Å². The van der Waals surface area contributed by atoms with Crippen molar-refractivity contribution in [1.82, 2.24) is 4.57 Å². The summed E-state index contributed by atoms with van der Waals surface area (Å²) in [6.45, 7) is 11.7. The van der Waals surface area contributed by atoms with Gasteiger partial charge in [0.1, 0.15) is 0 Å². The molecule has 26 heavy (non-hydrogen) atoms. The third kappa shape index (κ3) is 2.45. The van der Waals surface area contributed by atoms with E-state index in [9.17, 15) is 5.11 Å². The van der Waals surface area contributed by atoms with Crippen molar-refractivity contribution >= 4 is 16.6 Å². The van der Waals surface area contributed by atoms with E-state index in [1.807, 2.05) is 0 Å². The van der Waals surface area contributed by atoms with E-state index >= 15 is 0 Å². The number of nitrogens with zero attached hydrogens (tertiary/aromatic N) is 2. The van der Waals surface area contributed by atoms with E-state index in [4.69, 9.17) is 0 Å². The number of anilines is 1. The fraction of sp³-hybridized carbons (Fsp3) is 0.391. The molecule has 0 atom stereocenters. The highest BCUT2D eigenvalue weighted by molar-refractivity contribution is 6.06. The molecule has 1 aliphatic heterocycles. The second-order valence-electron chi connectivity index (χ2n) is 7.46. The molecule has 2 aromatic carbocycles. The Balaban J connectivity index is 2.10. The quantitative estimate of drug-likeness (QED) is 0.746. The van der Waals surface area contributed by atoms with Crippen LogP contribution in [0.1, 0.15) is 29.3 Å². The first-order chi connectivity index (χ1) is 12.6. The summed E-state index contributed by atoms with van der Waals surface area (Å²) in [6.07, 6.45) is 1.01. The first-order valence-corrected chi connectivity index (χ1v) is 9.65. The van der Waals surface area contributed by atoms with Gasteiger partial charge in [-0.05, 0) is 55.5 Å². The van der Waals surface area contributed by atoms with Crippen LogP contribution in [0.15, 0.2) is 30.3 Å². The zero-order valence-corrected chi connectivity index (χ0v) is 16.3. The zero-order valence-electron chi connectivity index (χ0n) is 16.3. The van der Waals surface area contributed by atoms with Gasteiger partial charge in [-0.2, -0.15) is 0 Å². The summed E-state index contributed by atoms with van der Waals surface area (Å²) >= 11 is 0. The monoisotopic (exact) mass is 348 g/mol. The van der Waals surface area contributed by atoms with Gasteiger partial charge in [0.15, 0.2) is 0 Å². The molecule has 1 aromatic heterocycles. The number of hydrogen-bond acceptors (Lipinski definition) is 2. The van der Waals surface area contributed by atoms with Gasteiger partial charge in [0, 0.05) is 30.7 Å². The van der Waals surface area contributed by atoms with Gasteiger partial charge in [-0.25, -0.2) is 0 Å². The third-order valence-electron chi connectivity index (χ3n) is 5.88. The first kappa shape index (κ1) is 17.2. The van der Waals surface area contributed by atoms with Gasteiger partial charge in [0.25, 0.3) is 0 Å². The molecule has 0 saturated carbocycles. The molecule has 0 fully saturated rings. The molecule has 0 aliphatic carbocycles. The average molecular weight is 348 g/mol. The maximum absolute atomic E-state index is 9.55. The summed E-state index contributed by atoms with van der Waals surface area (Å²) in [5.74, 6) is 0. The van der Waals surface area contributed by atoms with Gasteiger partial charge in [-0.1, -0.05) is 36.8 Å². The molecule has 0 radical (unpaired) electrons. The molecule has 3 heteroatoms. The highest BCUT2D eigenvalue weighted by Gasteiger charge is 2.27. The minimum atomic E-state index is 0.196. The number of rotatable bonds is 4. The van der Waals surface area contributed by atoms with Crippen LogP contribution in [0.5, 0.6) is 0 Å². The van der Waals surface area contributed by atoms with Crippen LogP contribution in [0, 0.1) is 20.8 Å². The third-order valence-corrected chi connectivity index (χ3v) is 5.88. The van der Waals surface area contributed by atoms with E-state index in [-0.39, 0.29) is 6.61 Å². The number of β-amino-alcohol motifs (C(OH)–C–C–N with tert-alkyl or cyclic N) is 1. The number of aliphatic hydroxyl groups is 1. The molecular weight excluding hydrogens is 320 g/mol. The Morgan fingerprint density at radius 3 is 2.42 bits per heavy atom. The number of aromatic nitrogens is 1. The number of aryl methyl sites for hydroxylation is 2.